The number of aliphatic imine (C=N–C) groups is 1. The van der Waals surface area contributed by atoms with Gasteiger partial charge in [0.15, 0.2) is 11.7 Å². The van der Waals surface area contributed by atoms with Crippen LogP contribution in [0.3, 0.4) is 0 Å². The Labute approximate surface area is 148 Å². The van der Waals surface area contributed by atoms with Gasteiger partial charge in [0.05, 0.1) is 6.61 Å². The fourth-order valence-corrected chi connectivity index (χ4v) is 2.49. The molecule has 0 amide bonds. The second-order valence-corrected chi connectivity index (χ2v) is 5.62. The monoisotopic (exact) mass is 342 g/mol. The van der Waals surface area contributed by atoms with E-state index in [4.69, 9.17) is 4.74 Å². The van der Waals surface area contributed by atoms with Crippen molar-refractivity contribution in [2.75, 3.05) is 19.0 Å². The van der Waals surface area contributed by atoms with E-state index in [0.29, 0.717) is 6.61 Å². The van der Waals surface area contributed by atoms with Crippen molar-refractivity contribution in [1.29, 1.82) is 0 Å². The van der Waals surface area contributed by atoms with E-state index >= 15 is 0 Å². The molecule has 1 N–H and O–H groups in total. The minimum absolute atomic E-state index is 0.245. The predicted octanol–water partition coefficient (Wildman–Crippen LogP) is 3.69. The van der Waals surface area contributed by atoms with Gasteiger partial charge in [-0.3, -0.25) is 0 Å². The molecule has 0 spiro atoms. The highest BCUT2D eigenvalue weighted by Crippen LogP contribution is 2.22. The van der Waals surface area contributed by atoms with Crippen LogP contribution in [0.2, 0.25) is 0 Å². The molecule has 25 heavy (non-hydrogen) atoms. The highest BCUT2D eigenvalue weighted by atomic mass is 16.5. The van der Waals surface area contributed by atoms with Crippen molar-refractivity contribution in [2.45, 2.75) is 39.2 Å². The number of rotatable bonds is 9. The van der Waals surface area contributed by atoms with E-state index in [9.17, 15) is 0 Å². The molecule has 0 saturated carbocycles. The van der Waals surface area contributed by atoms with E-state index in [1.165, 1.54) is 6.20 Å². The molecule has 0 aliphatic heterocycles. The molecule has 0 aromatic carbocycles. The fourth-order valence-electron chi connectivity index (χ4n) is 2.49. The fraction of sp³-hybridized carbons (Fsp3) is 0.444. The summed E-state index contributed by atoms with van der Waals surface area (Å²) in [5, 5.41) is 11.3. The lowest BCUT2D eigenvalue weighted by Crippen LogP contribution is -2.10. The Bertz CT molecular complexity index is 709. The zero-order chi connectivity index (χ0) is 18.1. The van der Waals surface area contributed by atoms with E-state index < -0.39 is 0 Å². The van der Waals surface area contributed by atoms with Crippen LogP contribution in [-0.2, 0) is 4.74 Å². The zero-order valence-corrected chi connectivity index (χ0v) is 15.1. The third-order valence-electron chi connectivity index (χ3n) is 3.85. The zero-order valence-electron chi connectivity index (χ0n) is 15.1. The number of nitrogens with zero attached hydrogens (tertiary/aromatic N) is 5. The van der Waals surface area contributed by atoms with Gasteiger partial charge in [0, 0.05) is 25.7 Å². The molecule has 7 heteroatoms. The third-order valence-corrected chi connectivity index (χ3v) is 3.85. The Morgan fingerprint density at radius 3 is 3.04 bits per heavy atom. The normalized spacial score (nSPS) is 12.7. The van der Waals surface area contributed by atoms with Gasteiger partial charge in [0.2, 0.25) is 0 Å². The topological polar surface area (TPSA) is 77.2 Å². The van der Waals surface area contributed by atoms with Crippen LogP contribution in [0.4, 0.5) is 5.82 Å². The second kappa shape index (κ2) is 9.56. The van der Waals surface area contributed by atoms with Crippen LogP contribution >= 0.6 is 0 Å². The summed E-state index contributed by atoms with van der Waals surface area (Å²) < 4.78 is 7.72. The first-order chi connectivity index (χ1) is 12.2. The van der Waals surface area contributed by atoms with Crippen molar-refractivity contribution in [2.24, 2.45) is 4.99 Å². The first-order valence-electron chi connectivity index (χ1n) is 8.54. The molecule has 2 aromatic heterocycles. The molecule has 0 bridgehead atoms. The van der Waals surface area contributed by atoms with Crippen LogP contribution in [0.5, 0.6) is 0 Å². The Balaban J connectivity index is 1.97. The number of hydrogen-bond acceptors (Lipinski definition) is 6. The molecule has 2 aromatic rings. The lowest BCUT2D eigenvalue weighted by molar-refractivity contribution is 0.277. The molecule has 0 aliphatic carbocycles. The van der Waals surface area contributed by atoms with Crippen molar-refractivity contribution in [3.8, 4) is 11.5 Å². The van der Waals surface area contributed by atoms with E-state index in [-0.39, 0.29) is 6.04 Å². The molecular weight excluding hydrogens is 316 g/mol. The Kier molecular flexibility index (Phi) is 7.13. The van der Waals surface area contributed by atoms with Crippen LogP contribution in [0.25, 0.3) is 11.5 Å². The average molecular weight is 342 g/mol. The predicted molar refractivity (Wildman–Crippen MR) is 101 cm³/mol. The maximum absolute atomic E-state index is 5.66. The van der Waals surface area contributed by atoms with Gasteiger partial charge < -0.3 is 14.6 Å². The summed E-state index contributed by atoms with van der Waals surface area (Å²) in [4.78, 5) is 8.64. The maximum Gasteiger partial charge on any atom is 0.187 e. The minimum atomic E-state index is 0.245. The Hall–Kier alpha value is -2.70. The van der Waals surface area contributed by atoms with Crippen LogP contribution in [0.1, 0.15) is 39.2 Å². The number of hydrogen-bond donors (Lipinski definition) is 1. The highest BCUT2D eigenvalue weighted by Gasteiger charge is 2.14. The van der Waals surface area contributed by atoms with Gasteiger partial charge in [-0.2, -0.15) is 0 Å². The molecule has 1 atom stereocenters. The largest absolute Gasteiger partial charge is 0.481 e. The van der Waals surface area contributed by atoms with Crippen molar-refractivity contribution >= 4 is 11.7 Å². The van der Waals surface area contributed by atoms with Crippen molar-refractivity contribution < 1.29 is 4.74 Å². The number of pyridine rings is 1. The van der Waals surface area contributed by atoms with Crippen LogP contribution < -0.4 is 5.32 Å². The van der Waals surface area contributed by atoms with Gasteiger partial charge in [-0.1, -0.05) is 19.6 Å². The number of anilines is 1. The minimum Gasteiger partial charge on any atom is -0.481 e. The Morgan fingerprint density at radius 1 is 1.48 bits per heavy atom. The quantitative estimate of drug-likeness (QED) is 0.427. The molecular formula is C18H26N6O. The van der Waals surface area contributed by atoms with Gasteiger partial charge in [0.25, 0.3) is 0 Å². The summed E-state index contributed by atoms with van der Waals surface area (Å²) >= 11 is 0. The van der Waals surface area contributed by atoms with Crippen molar-refractivity contribution in [3.63, 3.8) is 0 Å². The first kappa shape index (κ1) is 18.6. The molecule has 2 rings (SSSR count). The third kappa shape index (κ3) is 5.14. The highest BCUT2D eigenvalue weighted by molar-refractivity contribution is 5.76. The number of ether oxygens (including phenoxy) is 1. The van der Waals surface area contributed by atoms with E-state index in [0.717, 1.165) is 42.5 Å². The molecule has 2 heterocycles. The maximum atomic E-state index is 5.66. The lowest BCUT2D eigenvalue weighted by Gasteiger charge is -2.15. The van der Waals surface area contributed by atoms with Gasteiger partial charge >= 0.3 is 0 Å². The van der Waals surface area contributed by atoms with Crippen LogP contribution in [0.15, 0.2) is 42.3 Å². The Morgan fingerprint density at radius 2 is 2.32 bits per heavy atom. The second-order valence-electron chi connectivity index (χ2n) is 5.62. The summed E-state index contributed by atoms with van der Waals surface area (Å²) in [5.41, 5.74) is 0.804. The molecule has 134 valence electrons. The summed E-state index contributed by atoms with van der Waals surface area (Å²) in [6.07, 6.45) is 5.90. The van der Waals surface area contributed by atoms with Gasteiger partial charge in [-0.25, -0.2) is 9.98 Å². The molecule has 0 fully saturated rings. The van der Waals surface area contributed by atoms with Gasteiger partial charge in [-0.05, 0) is 31.9 Å². The summed E-state index contributed by atoms with van der Waals surface area (Å²) in [5.74, 6) is 2.30. The summed E-state index contributed by atoms with van der Waals surface area (Å²) in [7, 11) is 1.85. The van der Waals surface area contributed by atoms with E-state index in [1.807, 2.05) is 32.2 Å². The average Bonchev–Trinajstić information content (AvgIpc) is 3.14. The molecule has 0 aliphatic rings. The first-order valence-corrected chi connectivity index (χ1v) is 8.54. The van der Waals surface area contributed by atoms with Gasteiger partial charge in [-0.15, -0.1) is 10.2 Å². The van der Waals surface area contributed by atoms with Crippen LogP contribution in [-0.4, -0.2) is 39.3 Å². The molecule has 7 nitrogen and oxygen atoms in total. The number of aromatic nitrogens is 4. The van der Waals surface area contributed by atoms with Crippen LogP contribution in [0, 0.1) is 0 Å². The molecule has 0 saturated heterocycles. The van der Waals surface area contributed by atoms with Crippen molar-refractivity contribution in [3.05, 3.63) is 37.3 Å². The number of nitrogens with one attached hydrogen (secondary N) is 1. The van der Waals surface area contributed by atoms with Gasteiger partial charge in [0.1, 0.15) is 17.8 Å². The molecule has 0 radical (unpaired) electrons. The van der Waals surface area contributed by atoms with Crippen molar-refractivity contribution in [1.82, 2.24) is 19.7 Å². The van der Waals surface area contributed by atoms with E-state index in [1.54, 1.807) is 6.33 Å². The summed E-state index contributed by atoms with van der Waals surface area (Å²) in [6.45, 7) is 8.39. The standard InChI is InChI=1S/C18H26N6O/c1-5-17(20-6-2)25-12-8-9-14(3)24-13-21-23-18(24)15-10-7-11-16(19-4)22-15/h6-7,10-11,13-14H,2,5,8-9,12H2,1,3-4H3,(H,19,22)/b20-17+/t14-/m0/s1. The lowest BCUT2D eigenvalue weighted by atomic mass is 10.2. The SMILES string of the molecule is C=C/N=C(\CC)OCCC[C@H](C)n1cnnc1-c1cccc(NC)n1. The summed E-state index contributed by atoms with van der Waals surface area (Å²) in [6, 6.07) is 6.06. The van der Waals surface area contributed by atoms with E-state index in [2.05, 4.69) is 43.6 Å². The smallest absolute Gasteiger partial charge is 0.187 e. The molecule has 0 unspecified atom stereocenters.